The van der Waals surface area contributed by atoms with Crippen molar-refractivity contribution in [1.82, 2.24) is 20.3 Å². The molecule has 2 aliphatic heterocycles. The SMILES string of the molecule is CN(CCOc1ccc2c(ccc3onc(C4CCC(=O)NC4=O)c32)c1)C1CCN(C(=O)OC(C)(C)C)CC1. The zero-order valence-electron chi connectivity index (χ0n) is 23.0. The van der Waals surface area contributed by atoms with Crippen molar-refractivity contribution in [2.24, 2.45) is 0 Å². The molecule has 2 aliphatic rings. The number of fused-ring (bicyclic) bond motifs is 3. The molecule has 10 heteroatoms. The van der Waals surface area contributed by atoms with Crippen molar-refractivity contribution in [3.63, 3.8) is 0 Å². The summed E-state index contributed by atoms with van der Waals surface area (Å²) in [6.45, 7) is 8.32. The fraction of sp³-hybridized carbons (Fsp3) is 0.517. The second-order valence-electron chi connectivity index (χ2n) is 11.4. The summed E-state index contributed by atoms with van der Waals surface area (Å²) in [5, 5.41) is 9.28. The molecule has 1 N–H and O–H groups in total. The predicted molar refractivity (Wildman–Crippen MR) is 146 cm³/mol. The first-order valence-corrected chi connectivity index (χ1v) is 13.6. The quantitative estimate of drug-likeness (QED) is 0.466. The van der Waals surface area contributed by atoms with Crippen molar-refractivity contribution in [3.05, 3.63) is 36.0 Å². The van der Waals surface area contributed by atoms with Gasteiger partial charge in [0, 0.05) is 32.1 Å². The van der Waals surface area contributed by atoms with Gasteiger partial charge in [-0.25, -0.2) is 4.79 Å². The number of nitrogens with zero attached hydrogens (tertiary/aromatic N) is 3. The Bertz CT molecular complexity index is 1390. The van der Waals surface area contributed by atoms with Crippen LogP contribution < -0.4 is 10.1 Å². The highest BCUT2D eigenvalue weighted by Gasteiger charge is 2.32. The maximum absolute atomic E-state index is 12.5. The summed E-state index contributed by atoms with van der Waals surface area (Å²) in [5.74, 6) is -0.350. The number of carbonyl (C=O) groups is 3. The van der Waals surface area contributed by atoms with Crippen LogP contribution in [0.15, 0.2) is 34.9 Å². The molecule has 1 aromatic heterocycles. The maximum atomic E-state index is 12.5. The summed E-state index contributed by atoms with van der Waals surface area (Å²) >= 11 is 0. The lowest BCUT2D eigenvalue weighted by atomic mass is 9.91. The lowest BCUT2D eigenvalue weighted by molar-refractivity contribution is -0.134. The van der Waals surface area contributed by atoms with Gasteiger partial charge in [-0.2, -0.15) is 0 Å². The van der Waals surface area contributed by atoms with Gasteiger partial charge in [-0.05, 0) is 82.1 Å². The number of likely N-dealkylation sites (tertiary alicyclic amines) is 1. The molecule has 2 saturated heterocycles. The van der Waals surface area contributed by atoms with Gasteiger partial charge in [0.25, 0.3) is 0 Å². The molecule has 3 amide bonds. The molecule has 0 radical (unpaired) electrons. The fourth-order valence-electron chi connectivity index (χ4n) is 5.36. The number of piperidine rings is 2. The Balaban J connectivity index is 1.18. The lowest BCUT2D eigenvalue weighted by Gasteiger charge is -2.37. The van der Waals surface area contributed by atoms with Gasteiger partial charge in [0.1, 0.15) is 23.7 Å². The highest BCUT2D eigenvalue weighted by molar-refractivity contribution is 6.10. The van der Waals surface area contributed by atoms with Gasteiger partial charge in [0.15, 0.2) is 5.58 Å². The molecule has 0 spiro atoms. The topological polar surface area (TPSA) is 114 Å². The summed E-state index contributed by atoms with van der Waals surface area (Å²) in [5.41, 5.74) is 0.686. The van der Waals surface area contributed by atoms with Gasteiger partial charge < -0.3 is 18.9 Å². The standard InChI is InChI=1S/C29H36N4O6/c1-29(2,3)38-28(36)33-13-11-19(12-14-33)32(4)15-16-37-20-6-7-21-18(17-20)5-9-23-25(21)26(31-39-23)22-8-10-24(34)30-27(22)35/h5-7,9,17,19,22H,8,10-16H2,1-4H3,(H,30,34,35). The van der Waals surface area contributed by atoms with E-state index in [4.69, 9.17) is 14.0 Å². The number of hydrogen-bond donors (Lipinski definition) is 1. The Hall–Kier alpha value is -3.66. The Morgan fingerprint density at radius 2 is 1.92 bits per heavy atom. The van der Waals surface area contributed by atoms with Crippen molar-refractivity contribution < 1.29 is 28.4 Å². The number of aromatic nitrogens is 1. The van der Waals surface area contributed by atoms with E-state index >= 15 is 0 Å². The first-order valence-electron chi connectivity index (χ1n) is 13.6. The van der Waals surface area contributed by atoms with Gasteiger partial charge in [-0.1, -0.05) is 11.2 Å². The molecular formula is C29H36N4O6. The summed E-state index contributed by atoms with van der Waals surface area (Å²) in [7, 11) is 2.09. The van der Waals surface area contributed by atoms with Crippen molar-refractivity contribution in [2.45, 2.75) is 64.0 Å². The number of imide groups is 1. The molecule has 0 aliphatic carbocycles. The van der Waals surface area contributed by atoms with Crippen molar-refractivity contribution in [3.8, 4) is 5.75 Å². The molecule has 1 atom stereocenters. The minimum absolute atomic E-state index is 0.240. The minimum atomic E-state index is -0.517. The highest BCUT2D eigenvalue weighted by atomic mass is 16.6. The molecule has 3 heterocycles. The summed E-state index contributed by atoms with van der Waals surface area (Å²) < 4.78 is 17.1. The van der Waals surface area contributed by atoms with E-state index in [9.17, 15) is 14.4 Å². The Morgan fingerprint density at radius 3 is 2.64 bits per heavy atom. The number of rotatable bonds is 6. The second-order valence-corrected chi connectivity index (χ2v) is 11.4. The van der Waals surface area contributed by atoms with E-state index in [2.05, 4.69) is 22.4 Å². The fourth-order valence-corrected chi connectivity index (χ4v) is 5.36. The maximum Gasteiger partial charge on any atom is 0.410 e. The van der Waals surface area contributed by atoms with Gasteiger partial charge in [0.2, 0.25) is 11.8 Å². The average Bonchev–Trinajstić information content (AvgIpc) is 3.32. The van der Waals surface area contributed by atoms with Crippen LogP contribution in [0.1, 0.15) is 58.1 Å². The van der Waals surface area contributed by atoms with E-state index in [1.165, 1.54) is 0 Å². The number of ether oxygens (including phenoxy) is 2. The normalized spacial score (nSPS) is 19.1. The zero-order chi connectivity index (χ0) is 27.7. The van der Waals surface area contributed by atoms with E-state index in [1.54, 1.807) is 4.90 Å². The molecule has 208 valence electrons. The molecule has 2 fully saturated rings. The van der Waals surface area contributed by atoms with E-state index < -0.39 is 11.5 Å². The number of nitrogens with one attached hydrogen (secondary N) is 1. The summed E-state index contributed by atoms with van der Waals surface area (Å²) in [4.78, 5) is 40.5. The third-order valence-electron chi connectivity index (χ3n) is 7.47. The molecular weight excluding hydrogens is 500 g/mol. The number of likely N-dealkylation sites (N-methyl/N-ethyl adjacent to an activating group) is 1. The molecule has 0 saturated carbocycles. The first-order chi connectivity index (χ1) is 18.6. The van der Waals surface area contributed by atoms with Crippen LogP contribution in [0.25, 0.3) is 21.7 Å². The predicted octanol–water partition coefficient (Wildman–Crippen LogP) is 4.21. The molecule has 5 rings (SSSR count). The molecule has 1 unspecified atom stereocenters. The number of amides is 3. The molecule has 3 aromatic rings. The van der Waals surface area contributed by atoms with Crippen LogP contribution >= 0.6 is 0 Å². The van der Waals surface area contributed by atoms with Crippen LogP contribution in [0.3, 0.4) is 0 Å². The van der Waals surface area contributed by atoms with Gasteiger partial charge in [-0.15, -0.1) is 0 Å². The third-order valence-corrected chi connectivity index (χ3v) is 7.47. The van der Waals surface area contributed by atoms with Crippen LogP contribution in [-0.2, 0) is 14.3 Å². The van der Waals surface area contributed by atoms with E-state index in [0.717, 1.165) is 41.3 Å². The van der Waals surface area contributed by atoms with Crippen LogP contribution in [0, 0.1) is 0 Å². The highest BCUT2D eigenvalue weighted by Crippen LogP contribution is 2.36. The van der Waals surface area contributed by atoms with Crippen molar-refractivity contribution >= 4 is 39.6 Å². The third kappa shape index (κ3) is 6.00. The molecule has 39 heavy (non-hydrogen) atoms. The number of carbonyl (C=O) groups excluding carboxylic acids is 3. The van der Waals surface area contributed by atoms with E-state index in [-0.39, 0.29) is 24.3 Å². The number of benzene rings is 2. The van der Waals surface area contributed by atoms with Gasteiger partial charge in [0.05, 0.1) is 11.3 Å². The van der Waals surface area contributed by atoms with E-state index in [0.29, 0.717) is 43.4 Å². The zero-order valence-corrected chi connectivity index (χ0v) is 23.0. The largest absolute Gasteiger partial charge is 0.492 e. The molecule has 2 aromatic carbocycles. The lowest BCUT2D eigenvalue weighted by Crippen LogP contribution is -2.47. The smallest absolute Gasteiger partial charge is 0.410 e. The summed E-state index contributed by atoms with van der Waals surface area (Å²) in [6.07, 6.45) is 2.25. The molecule has 0 bridgehead atoms. The van der Waals surface area contributed by atoms with E-state index in [1.807, 2.05) is 51.1 Å². The van der Waals surface area contributed by atoms with Crippen LogP contribution in [0.2, 0.25) is 0 Å². The average molecular weight is 537 g/mol. The summed E-state index contributed by atoms with van der Waals surface area (Å²) in [6, 6.07) is 10.1. The van der Waals surface area contributed by atoms with Gasteiger partial charge >= 0.3 is 6.09 Å². The number of hydrogen-bond acceptors (Lipinski definition) is 8. The second kappa shape index (κ2) is 10.8. The minimum Gasteiger partial charge on any atom is -0.492 e. The van der Waals surface area contributed by atoms with Crippen molar-refractivity contribution in [1.29, 1.82) is 0 Å². The van der Waals surface area contributed by atoms with Crippen LogP contribution in [0.5, 0.6) is 5.75 Å². The Labute approximate surface area is 227 Å². The molecule has 10 nitrogen and oxygen atoms in total. The Kier molecular flexibility index (Phi) is 7.48. The van der Waals surface area contributed by atoms with Gasteiger partial charge in [-0.3, -0.25) is 19.8 Å². The van der Waals surface area contributed by atoms with Crippen LogP contribution in [0.4, 0.5) is 4.79 Å². The first kappa shape index (κ1) is 26.9. The Morgan fingerprint density at radius 1 is 1.15 bits per heavy atom. The van der Waals surface area contributed by atoms with Crippen molar-refractivity contribution in [2.75, 3.05) is 33.3 Å². The monoisotopic (exact) mass is 536 g/mol. The van der Waals surface area contributed by atoms with Crippen LogP contribution in [-0.4, -0.2) is 77.8 Å².